The molecule has 0 spiro atoms. The highest BCUT2D eigenvalue weighted by molar-refractivity contribution is 5.53. The highest BCUT2D eigenvalue weighted by Crippen LogP contribution is 2.22. The molecule has 2 unspecified atom stereocenters. The Morgan fingerprint density at radius 3 is 2.47 bits per heavy atom. The second-order valence-corrected chi connectivity index (χ2v) is 8.49. The molecule has 0 aromatic heterocycles. The molecule has 1 saturated heterocycles. The fourth-order valence-corrected chi connectivity index (χ4v) is 4.21. The fourth-order valence-electron chi connectivity index (χ4n) is 4.21. The number of aliphatic imine (C=N–C) groups is 1. The molecule has 2 aromatic rings. The predicted octanol–water partition coefficient (Wildman–Crippen LogP) is 3.53. The van der Waals surface area contributed by atoms with Crippen LogP contribution in [0.3, 0.4) is 0 Å². The van der Waals surface area contributed by atoms with Crippen molar-refractivity contribution in [2.75, 3.05) is 18.4 Å². The second kappa shape index (κ2) is 12.9. The lowest BCUT2D eigenvalue weighted by molar-refractivity contribution is -0.0644. The Labute approximate surface area is 202 Å². The van der Waals surface area contributed by atoms with Crippen molar-refractivity contribution in [2.24, 2.45) is 4.99 Å². The average Bonchev–Trinajstić information content (AvgIpc) is 2.86. The van der Waals surface area contributed by atoms with Crippen LogP contribution in [0.4, 0.5) is 5.69 Å². The van der Waals surface area contributed by atoms with Gasteiger partial charge in [0, 0.05) is 25.3 Å². The Hall–Kier alpha value is -3.13. The molecule has 7 nitrogen and oxygen atoms in total. The highest BCUT2D eigenvalue weighted by Gasteiger charge is 2.34. The summed E-state index contributed by atoms with van der Waals surface area (Å²) in [4.78, 5) is 6.41. The van der Waals surface area contributed by atoms with Crippen LogP contribution < -0.4 is 10.6 Å². The van der Waals surface area contributed by atoms with Gasteiger partial charge in [-0.25, -0.2) is 0 Å². The number of nitrogens with one attached hydrogen (secondary N) is 2. The number of anilines is 1. The molecule has 3 rings (SSSR count). The van der Waals surface area contributed by atoms with Gasteiger partial charge in [-0.3, -0.25) is 9.89 Å². The van der Waals surface area contributed by atoms with Crippen molar-refractivity contribution in [3.63, 3.8) is 0 Å². The molecule has 0 aliphatic carbocycles. The number of rotatable bonds is 11. The number of hydrogen-bond acceptors (Lipinski definition) is 7. The third-order valence-corrected chi connectivity index (χ3v) is 6.17. The van der Waals surface area contributed by atoms with E-state index in [2.05, 4.69) is 75.6 Å². The van der Waals surface area contributed by atoms with Gasteiger partial charge in [0.15, 0.2) is 0 Å². The van der Waals surface area contributed by atoms with E-state index in [1.165, 1.54) is 6.08 Å². The predicted molar refractivity (Wildman–Crippen MR) is 138 cm³/mol. The zero-order valence-electron chi connectivity index (χ0n) is 19.7. The van der Waals surface area contributed by atoms with Crippen molar-refractivity contribution >= 4 is 11.9 Å². The Balaban J connectivity index is 1.55. The molecule has 1 heterocycles. The summed E-state index contributed by atoms with van der Waals surface area (Å²) in [5.74, 6) is 0. The van der Waals surface area contributed by atoms with Crippen LogP contribution in [0.25, 0.3) is 0 Å². The Morgan fingerprint density at radius 1 is 1.12 bits per heavy atom. The van der Waals surface area contributed by atoms with Gasteiger partial charge in [0.1, 0.15) is 0 Å². The van der Waals surface area contributed by atoms with Crippen LogP contribution >= 0.6 is 0 Å². The quantitative estimate of drug-likeness (QED) is 0.258. The van der Waals surface area contributed by atoms with E-state index in [0.717, 1.165) is 28.6 Å². The standard InChI is InChI=1S/C27H36N4O3/c1-3-28-18-24(29-4-2)22-9-11-23(12-10-22)30-17-20-5-7-21(8-6-20)19-31-15-13-26(33)27(34)25(31)14-16-32/h3-12,14,16,24-27,29-30,32-34H,2,13,15,17-19H2,1H3/b16-14+,28-3?/t24?,25?,26-,27-/m1/s1. The number of piperidine rings is 1. The number of aliphatic hydroxyl groups excluding tert-OH is 3. The van der Waals surface area contributed by atoms with E-state index < -0.39 is 18.2 Å². The van der Waals surface area contributed by atoms with E-state index in [9.17, 15) is 15.3 Å². The average molecular weight is 465 g/mol. The number of aliphatic hydroxyl groups is 3. The molecular formula is C27H36N4O3. The van der Waals surface area contributed by atoms with Crippen LogP contribution in [0, 0.1) is 0 Å². The van der Waals surface area contributed by atoms with Crippen LogP contribution in [0.1, 0.15) is 36.1 Å². The molecule has 0 bridgehead atoms. The number of hydrogen-bond donors (Lipinski definition) is 5. The molecule has 1 aliphatic heterocycles. The summed E-state index contributed by atoms with van der Waals surface area (Å²) in [6.07, 6.45) is 4.81. The van der Waals surface area contributed by atoms with Crippen molar-refractivity contribution in [1.82, 2.24) is 10.2 Å². The number of nitrogens with zero attached hydrogens (tertiary/aromatic N) is 2. The van der Waals surface area contributed by atoms with Gasteiger partial charge in [-0.2, -0.15) is 0 Å². The lowest BCUT2D eigenvalue weighted by atomic mass is 9.95. The molecule has 5 N–H and O–H groups in total. The SMILES string of the molecule is C=CNC(CN=CC)c1ccc(NCc2ccc(CN3CC[C@@H](O)[C@H](O)C3/C=C/O)cc2)cc1. The first kappa shape index (κ1) is 25.5. The molecule has 182 valence electrons. The van der Waals surface area contributed by atoms with E-state index in [1.807, 2.05) is 13.1 Å². The van der Waals surface area contributed by atoms with Crippen molar-refractivity contribution < 1.29 is 15.3 Å². The molecule has 0 amide bonds. The largest absolute Gasteiger partial charge is 0.516 e. The number of likely N-dealkylation sites (tertiary alicyclic amines) is 1. The molecule has 0 saturated carbocycles. The normalized spacial score (nSPS) is 22.1. The molecular weight excluding hydrogens is 428 g/mol. The summed E-state index contributed by atoms with van der Waals surface area (Å²) >= 11 is 0. The van der Waals surface area contributed by atoms with Gasteiger partial charge >= 0.3 is 0 Å². The minimum atomic E-state index is -0.908. The van der Waals surface area contributed by atoms with Gasteiger partial charge in [0.2, 0.25) is 0 Å². The van der Waals surface area contributed by atoms with E-state index in [0.29, 0.717) is 32.6 Å². The maximum absolute atomic E-state index is 10.3. The second-order valence-electron chi connectivity index (χ2n) is 8.49. The maximum Gasteiger partial charge on any atom is 0.0991 e. The van der Waals surface area contributed by atoms with Gasteiger partial charge in [0.05, 0.1) is 37.1 Å². The fraction of sp³-hybridized carbons (Fsp3) is 0.370. The smallest absolute Gasteiger partial charge is 0.0991 e. The Morgan fingerprint density at radius 2 is 1.82 bits per heavy atom. The maximum atomic E-state index is 10.3. The van der Waals surface area contributed by atoms with Gasteiger partial charge < -0.3 is 26.0 Å². The molecule has 34 heavy (non-hydrogen) atoms. The van der Waals surface area contributed by atoms with Crippen LogP contribution in [-0.4, -0.2) is 57.8 Å². The molecule has 2 aromatic carbocycles. The summed E-state index contributed by atoms with van der Waals surface area (Å²) in [7, 11) is 0. The van der Waals surface area contributed by atoms with Gasteiger partial charge in [0.25, 0.3) is 0 Å². The minimum Gasteiger partial charge on any atom is -0.516 e. The van der Waals surface area contributed by atoms with Crippen LogP contribution in [0.15, 0.2) is 78.6 Å². The lowest BCUT2D eigenvalue weighted by Crippen LogP contribution is -2.53. The van der Waals surface area contributed by atoms with Crippen molar-refractivity contribution in [3.05, 3.63) is 90.3 Å². The topological polar surface area (TPSA) is 100 Å². The summed E-state index contributed by atoms with van der Waals surface area (Å²) in [6, 6.07) is 16.4. The van der Waals surface area contributed by atoms with E-state index in [1.54, 1.807) is 6.20 Å². The first-order valence-electron chi connectivity index (χ1n) is 11.7. The Kier molecular flexibility index (Phi) is 9.70. The summed E-state index contributed by atoms with van der Waals surface area (Å²) < 4.78 is 0. The Bertz CT molecular complexity index is 943. The monoisotopic (exact) mass is 464 g/mol. The first-order valence-corrected chi connectivity index (χ1v) is 11.7. The third kappa shape index (κ3) is 6.93. The molecule has 1 fully saturated rings. The van der Waals surface area contributed by atoms with Crippen LogP contribution in [0.2, 0.25) is 0 Å². The van der Waals surface area contributed by atoms with Crippen LogP contribution in [-0.2, 0) is 13.1 Å². The van der Waals surface area contributed by atoms with Gasteiger partial charge in [-0.05, 0) is 60.7 Å². The highest BCUT2D eigenvalue weighted by atomic mass is 16.3. The van der Waals surface area contributed by atoms with Crippen LogP contribution in [0.5, 0.6) is 0 Å². The van der Waals surface area contributed by atoms with Crippen molar-refractivity contribution in [3.8, 4) is 0 Å². The van der Waals surface area contributed by atoms with E-state index in [-0.39, 0.29) is 6.04 Å². The zero-order chi connectivity index (χ0) is 24.3. The van der Waals surface area contributed by atoms with E-state index >= 15 is 0 Å². The van der Waals surface area contributed by atoms with Crippen molar-refractivity contribution in [1.29, 1.82) is 0 Å². The van der Waals surface area contributed by atoms with E-state index in [4.69, 9.17) is 0 Å². The zero-order valence-corrected chi connectivity index (χ0v) is 19.7. The minimum absolute atomic E-state index is 0.104. The van der Waals surface area contributed by atoms with Gasteiger partial charge in [-0.1, -0.05) is 43.0 Å². The first-order chi connectivity index (χ1) is 16.5. The molecule has 4 atom stereocenters. The third-order valence-electron chi connectivity index (χ3n) is 6.17. The van der Waals surface area contributed by atoms with Crippen molar-refractivity contribution in [2.45, 2.75) is 50.7 Å². The molecule has 7 heteroatoms. The summed E-state index contributed by atoms with van der Waals surface area (Å²) in [5.41, 5.74) is 4.48. The summed E-state index contributed by atoms with van der Waals surface area (Å²) in [6.45, 7) is 8.33. The van der Waals surface area contributed by atoms with Gasteiger partial charge in [-0.15, -0.1) is 0 Å². The number of benzene rings is 2. The summed E-state index contributed by atoms with van der Waals surface area (Å²) in [5, 5.41) is 36.1. The molecule has 1 aliphatic rings. The lowest BCUT2D eigenvalue weighted by Gasteiger charge is -2.39. The molecule has 0 radical (unpaired) electrons.